The Balaban J connectivity index is 2.32. The topological polar surface area (TPSA) is 73.9 Å². The van der Waals surface area contributed by atoms with E-state index in [4.69, 9.17) is 14.2 Å². The van der Waals surface area contributed by atoms with Gasteiger partial charge in [0.2, 0.25) is 0 Å². The van der Waals surface area contributed by atoms with Gasteiger partial charge in [-0.15, -0.1) is 0 Å². The van der Waals surface area contributed by atoms with E-state index in [9.17, 15) is 9.59 Å². The Labute approximate surface area is 140 Å². The number of benzene rings is 2. The monoisotopic (exact) mass is 329 g/mol. The van der Waals surface area contributed by atoms with E-state index in [0.29, 0.717) is 22.7 Å². The van der Waals surface area contributed by atoms with Gasteiger partial charge in [0, 0.05) is 0 Å². The van der Waals surface area contributed by atoms with Gasteiger partial charge in [-0.05, 0) is 37.3 Å². The number of hydrogen-bond donors (Lipinski definition) is 1. The molecule has 0 unspecified atom stereocenters. The van der Waals surface area contributed by atoms with E-state index in [0.717, 1.165) is 0 Å². The summed E-state index contributed by atoms with van der Waals surface area (Å²) >= 11 is 0. The highest BCUT2D eigenvalue weighted by molar-refractivity contribution is 6.09. The molecule has 0 saturated carbocycles. The number of rotatable bonds is 6. The molecule has 126 valence electrons. The molecule has 2 rings (SSSR count). The summed E-state index contributed by atoms with van der Waals surface area (Å²) in [5.41, 5.74) is 0.955. The highest BCUT2D eigenvalue weighted by Gasteiger charge is 2.18. The minimum Gasteiger partial charge on any atom is -0.497 e. The summed E-state index contributed by atoms with van der Waals surface area (Å²) in [6.45, 7) is 1.98. The van der Waals surface area contributed by atoms with Crippen molar-refractivity contribution in [3.63, 3.8) is 0 Å². The molecule has 0 aliphatic heterocycles. The van der Waals surface area contributed by atoms with Crippen LogP contribution < -0.4 is 14.8 Å². The van der Waals surface area contributed by atoms with Gasteiger partial charge >= 0.3 is 5.97 Å². The molecule has 0 fully saturated rings. The summed E-state index contributed by atoms with van der Waals surface area (Å²) < 4.78 is 15.4. The van der Waals surface area contributed by atoms with Crippen molar-refractivity contribution in [3.8, 4) is 11.5 Å². The van der Waals surface area contributed by atoms with Gasteiger partial charge in [-0.3, -0.25) is 4.79 Å². The van der Waals surface area contributed by atoms with Gasteiger partial charge in [0.1, 0.15) is 11.5 Å². The second-order valence-corrected chi connectivity index (χ2v) is 4.79. The van der Waals surface area contributed by atoms with Crippen molar-refractivity contribution in [1.82, 2.24) is 0 Å². The first kappa shape index (κ1) is 17.3. The smallest absolute Gasteiger partial charge is 0.340 e. The molecule has 0 heterocycles. The van der Waals surface area contributed by atoms with Crippen LogP contribution in [-0.2, 0) is 4.74 Å². The molecule has 2 aromatic carbocycles. The molecule has 0 bridgehead atoms. The van der Waals surface area contributed by atoms with Crippen LogP contribution in [0.4, 0.5) is 5.69 Å². The minimum absolute atomic E-state index is 0.255. The van der Waals surface area contributed by atoms with Gasteiger partial charge in [-0.25, -0.2) is 4.79 Å². The van der Waals surface area contributed by atoms with Crippen LogP contribution in [0.3, 0.4) is 0 Å². The van der Waals surface area contributed by atoms with Crippen LogP contribution in [0.5, 0.6) is 11.5 Å². The number of carbonyl (C=O) groups is 2. The fourth-order valence-corrected chi connectivity index (χ4v) is 2.16. The Morgan fingerprint density at radius 2 is 1.75 bits per heavy atom. The molecule has 6 heteroatoms. The zero-order valence-electron chi connectivity index (χ0n) is 13.8. The third-order valence-corrected chi connectivity index (χ3v) is 3.32. The van der Waals surface area contributed by atoms with Gasteiger partial charge < -0.3 is 19.5 Å². The Morgan fingerprint density at radius 1 is 1.00 bits per heavy atom. The lowest BCUT2D eigenvalue weighted by Crippen LogP contribution is -2.16. The first-order valence-electron chi connectivity index (χ1n) is 7.40. The van der Waals surface area contributed by atoms with Crippen LogP contribution >= 0.6 is 0 Å². The molecule has 24 heavy (non-hydrogen) atoms. The summed E-state index contributed by atoms with van der Waals surface area (Å²) in [7, 11) is 2.99. The van der Waals surface area contributed by atoms with E-state index >= 15 is 0 Å². The fraction of sp³-hybridized carbons (Fsp3) is 0.222. The number of methoxy groups -OCH3 is 2. The standard InChI is InChI=1S/C18H19NO5/c1-4-24-18(21)13-7-5-6-8-15(13)19-17(20)14-11-12(22-2)9-10-16(14)23-3/h5-11H,4H2,1-3H3,(H,19,20). The number of ether oxygens (including phenoxy) is 3. The average Bonchev–Trinajstić information content (AvgIpc) is 2.61. The molecule has 0 spiro atoms. The molecule has 0 atom stereocenters. The highest BCUT2D eigenvalue weighted by atomic mass is 16.5. The number of carbonyl (C=O) groups excluding carboxylic acids is 2. The van der Waals surface area contributed by atoms with E-state index in [1.54, 1.807) is 49.4 Å². The Hall–Kier alpha value is -3.02. The van der Waals surface area contributed by atoms with Gasteiger partial charge in [0.05, 0.1) is 37.6 Å². The van der Waals surface area contributed by atoms with E-state index < -0.39 is 11.9 Å². The van der Waals surface area contributed by atoms with Crippen LogP contribution in [0.15, 0.2) is 42.5 Å². The van der Waals surface area contributed by atoms with Gasteiger partial charge in [-0.2, -0.15) is 0 Å². The molecule has 2 aromatic rings. The van der Waals surface area contributed by atoms with Crippen molar-refractivity contribution in [3.05, 3.63) is 53.6 Å². The highest BCUT2D eigenvalue weighted by Crippen LogP contribution is 2.26. The quantitative estimate of drug-likeness (QED) is 0.824. The summed E-state index contributed by atoms with van der Waals surface area (Å²) in [4.78, 5) is 24.6. The lowest BCUT2D eigenvalue weighted by molar-refractivity contribution is 0.0527. The summed E-state index contributed by atoms with van der Waals surface area (Å²) in [6.07, 6.45) is 0. The zero-order chi connectivity index (χ0) is 17.5. The molecule has 0 aromatic heterocycles. The summed E-state index contributed by atoms with van der Waals surface area (Å²) in [6, 6.07) is 11.6. The molecule has 0 radical (unpaired) electrons. The average molecular weight is 329 g/mol. The number of amides is 1. The van der Waals surface area contributed by atoms with Crippen molar-refractivity contribution < 1.29 is 23.8 Å². The predicted molar refractivity (Wildman–Crippen MR) is 89.9 cm³/mol. The fourth-order valence-electron chi connectivity index (χ4n) is 2.16. The van der Waals surface area contributed by atoms with Crippen molar-refractivity contribution in [2.24, 2.45) is 0 Å². The van der Waals surface area contributed by atoms with E-state index in [1.165, 1.54) is 14.2 Å². The number of esters is 1. The molecular weight excluding hydrogens is 310 g/mol. The van der Waals surface area contributed by atoms with Crippen LogP contribution in [0.25, 0.3) is 0 Å². The van der Waals surface area contributed by atoms with Crippen molar-refractivity contribution in [2.45, 2.75) is 6.92 Å². The molecule has 0 aliphatic carbocycles. The lowest BCUT2D eigenvalue weighted by Gasteiger charge is -2.13. The van der Waals surface area contributed by atoms with Gasteiger partial charge in [-0.1, -0.05) is 12.1 Å². The predicted octanol–water partition coefficient (Wildman–Crippen LogP) is 3.13. The number of para-hydroxylation sites is 1. The lowest BCUT2D eigenvalue weighted by atomic mass is 10.1. The van der Waals surface area contributed by atoms with Gasteiger partial charge in [0.25, 0.3) is 5.91 Å². The van der Waals surface area contributed by atoms with Crippen molar-refractivity contribution >= 4 is 17.6 Å². The second-order valence-electron chi connectivity index (χ2n) is 4.79. The molecular formula is C18H19NO5. The van der Waals surface area contributed by atoms with Crippen LogP contribution in [0.2, 0.25) is 0 Å². The Morgan fingerprint density at radius 3 is 2.42 bits per heavy atom. The summed E-state index contributed by atoms with van der Waals surface area (Å²) in [5.74, 6) is 0.0232. The second kappa shape index (κ2) is 8.01. The van der Waals surface area contributed by atoms with Crippen LogP contribution in [0, 0.1) is 0 Å². The maximum Gasteiger partial charge on any atom is 0.340 e. The number of nitrogens with one attached hydrogen (secondary N) is 1. The number of anilines is 1. The Bertz CT molecular complexity index is 742. The first-order valence-corrected chi connectivity index (χ1v) is 7.40. The van der Waals surface area contributed by atoms with Crippen LogP contribution in [-0.4, -0.2) is 32.7 Å². The third-order valence-electron chi connectivity index (χ3n) is 3.32. The molecule has 0 aliphatic rings. The first-order chi connectivity index (χ1) is 11.6. The van der Waals surface area contributed by atoms with Gasteiger partial charge in [0.15, 0.2) is 0 Å². The van der Waals surface area contributed by atoms with E-state index in [1.807, 2.05) is 0 Å². The molecule has 1 N–H and O–H groups in total. The minimum atomic E-state index is -0.494. The molecule has 1 amide bonds. The summed E-state index contributed by atoms with van der Waals surface area (Å²) in [5, 5.41) is 2.72. The normalized spacial score (nSPS) is 9.96. The van der Waals surface area contributed by atoms with E-state index in [-0.39, 0.29) is 12.2 Å². The SMILES string of the molecule is CCOC(=O)c1ccccc1NC(=O)c1cc(OC)ccc1OC. The third kappa shape index (κ3) is 3.84. The number of hydrogen-bond acceptors (Lipinski definition) is 5. The van der Waals surface area contributed by atoms with Crippen molar-refractivity contribution in [2.75, 3.05) is 26.1 Å². The van der Waals surface area contributed by atoms with Crippen molar-refractivity contribution in [1.29, 1.82) is 0 Å². The molecule has 6 nitrogen and oxygen atoms in total. The van der Waals surface area contributed by atoms with E-state index in [2.05, 4.69) is 5.32 Å². The molecule has 0 saturated heterocycles. The largest absolute Gasteiger partial charge is 0.497 e. The van der Waals surface area contributed by atoms with Crippen LogP contribution in [0.1, 0.15) is 27.6 Å². The zero-order valence-corrected chi connectivity index (χ0v) is 13.8. The Kier molecular flexibility index (Phi) is 5.78. The maximum absolute atomic E-state index is 12.6. The maximum atomic E-state index is 12.6.